The van der Waals surface area contributed by atoms with Gasteiger partial charge in [-0.15, -0.1) is 0 Å². The lowest BCUT2D eigenvalue weighted by atomic mass is 10.0. The first kappa shape index (κ1) is 24.3. The third-order valence-electron chi connectivity index (χ3n) is 7.77. The Kier molecular flexibility index (Phi) is 5.73. The van der Waals surface area contributed by atoms with E-state index in [1.54, 1.807) is 31.0 Å². The maximum atomic E-state index is 15.7. The molecule has 1 saturated heterocycles. The molecule has 0 unspecified atom stereocenters. The van der Waals surface area contributed by atoms with E-state index < -0.39 is 17.5 Å². The van der Waals surface area contributed by atoms with Gasteiger partial charge in [0.1, 0.15) is 22.6 Å². The predicted octanol–water partition coefficient (Wildman–Crippen LogP) is 4.32. The Morgan fingerprint density at radius 3 is 2.51 bits per heavy atom. The fourth-order valence-electron chi connectivity index (χ4n) is 5.53. The minimum Gasteiger partial charge on any atom is -0.485 e. The fourth-order valence-corrected chi connectivity index (χ4v) is 5.53. The van der Waals surface area contributed by atoms with Crippen LogP contribution in [0.25, 0.3) is 16.6 Å². The molecule has 3 aromatic heterocycles. The maximum absolute atomic E-state index is 15.7. The van der Waals surface area contributed by atoms with Gasteiger partial charge in [-0.3, -0.25) is 9.48 Å². The molecule has 1 aliphatic heterocycles. The second-order valence-corrected chi connectivity index (χ2v) is 11.1. The Hall–Kier alpha value is -3.73. The van der Waals surface area contributed by atoms with E-state index in [2.05, 4.69) is 25.6 Å². The van der Waals surface area contributed by atoms with E-state index in [1.807, 2.05) is 6.20 Å². The number of amides is 1. The van der Waals surface area contributed by atoms with Gasteiger partial charge in [-0.25, -0.2) is 9.37 Å². The number of halogens is 2. The molecule has 0 radical (unpaired) electrons. The molecule has 204 valence electrons. The number of carbonyl (C=O) groups is 1. The van der Waals surface area contributed by atoms with E-state index in [0.29, 0.717) is 23.2 Å². The molecule has 1 amide bonds. The minimum atomic E-state index is -0.716. The molecule has 9 nitrogen and oxygen atoms in total. The van der Waals surface area contributed by atoms with Gasteiger partial charge in [-0.05, 0) is 51.5 Å². The van der Waals surface area contributed by atoms with Gasteiger partial charge in [0, 0.05) is 56.2 Å². The molecule has 39 heavy (non-hydrogen) atoms. The highest BCUT2D eigenvalue weighted by molar-refractivity contribution is 6.14. The summed E-state index contributed by atoms with van der Waals surface area (Å²) < 4.78 is 40.1. The van der Waals surface area contributed by atoms with Crippen LogP contribution in [0.4, 0.5) is 20.2 Å². The number of benzene rings is 1. The summed E-state index contributed by atoms with van der Waals surface area (Å²) in [6.45, 7) is 3.35. The number of imidazole rings is 1. The number of nitrogens with one attached hydrogen (secondary N) is 2. The van der Waals surface area contributed by atoms with Gasteiger partial charge in [0.2, 0.25) is 5.82 Å². The van der Waals surface area contributed by atoms with Crippen molar-refractivity contribution in [1.29, 1.82) is 0 Å². The molecule has 0 spiro atoms. The van der Waals surface area contributed by atoms with Crippen molar-refractivity contribution in [2.75, 3.05) is 23.3 Å². The highest BCUT2D eigenvalue weighted by Gasteiger charge is 2.31. The van der Waals surface area contributed by atoms with Gasteiger partial charge in [0.25, 0.3) is 5.91 Å². The highest BCUT2D eigenvalue weighted by Crippen LogP contribution is 2.38. The second kappa shape index (κ2) is 9.18. The van der Waals surface area contributed by atoms with Gasteiger partial charge in [0.05, 0.1) is 17.5 Å². The van der Waals surface area contributed by atoms with Crippen molar-refractivity contribution in [1.82, 2.24) is 24.5 Å². The van der Waals surface area contributed by atoms with Crippen molar-refractivity contribution >= 4 is 33.8 Å². The van der Waals surface area contributed by atoms with E-state index in [1.165, 1.54) is 23.3 Å². The average molecular weight is 536 g/mol. The third-order valence-corrected chi connectivity index (χ3v) is 7.77. The standard InChI is InChI=1S/C28H31F2N7O2/c1-15-12-37-14-21(26(39-18-5-6-18)24(30)27(37)31-15)33-28(38)23-20(29)11-22(19-13-35(2)34-25(19)23)36-9-7-17(8-10-36)32-16-3-4-16/h11-14,16-18,32H,3-10H2,1-2H3,(H,33,38). The number of ether oxygens (including phenoxy) is 1. The Morgan fingerprint density at radius 2 is 1.79 bits per heavy atom. The number of rotatable bonds is 7. The second-order valence-electron chi connectivity index (χ2n) is 11.1. The molecular weight excluding hydrogens is 504 g/mol. The quantitative estimate of drug-likeness (QED) is 0.367. The van der Waals surface area contributed by atoms with Crippen LogP contribution >= 0.6 is 0 Å². The summed E-state index contributed by atoms with van der Waals surface area (Å²) in [5.74, 6) is -2.13. The van der Waals surface area contributed by atoms with Crippen molar-refractivity contribution in [2.24, 2.45) is 7.05 Å². The number of pyridine rings is 1. The molecule has 2 aliphatic carbocycles. The van der Waals surface area contributed by atoms with Crippen molar-refractivity contribution in [2.45, 2.75) is 63.6 Å². The van der Waals surface area contributed by atoms with E-state index >= 15 is 8.78 Å². The average Bonchev–Trinajstić information content (AvgIpc) is 3.82. The summed E-state index contributed by atoms with van der Waals surface area (Å²) in [5, 5.41) is 11.6. The molecule has 2 saturated carbocycles. The molecule has 7 rings (SSSR count). The highest BCUT2D eigenvalue weighted by atomic mass is 19.1. The van der Waals surface area contributed by atoms with Crippen molar-refractivity contribution in [3.05, 3.63) is 47.5 Å². The first-order valence-corrected chi connectivity index (χ1v) is 13.7. The van der Waals surface area contributed by atoms with Crippen molar-refractivity contribution in [3.63, 3.8) is 0 Å². The number of hydrogen-bond acceptors (Lipinski definition) is 6. The van der Waals surface area contributed by atoms with Crippen molar-refractivity contribution in [3.8, 4) is 5.75 Å². The van der Waals surface area contributed by atoms with Crippen LogP contribution in [0.5, 0.6) is 5.75 Å². The fraction of sp³-hybridized carbons (Fsp3) is 0.464. The zero-order chi connectivity index (χ0) is 26.8. The number of anilines is 2. The molecular formula is C28H31F2N7O2. The van der Waals surface area contributed by atoms with Crippen LogP contribution in [0.1, 0.15) is 54.6 Å². The van der Waals surface area contributed by atoms with Gasteiger partial charge in [0.15, 0.2) is 11.4 Å². The molecule has 3 fully saturated rings. The van der Waals surface area contributed by atoms with Gasteiger partial charge in [-0.2, -0.15) is 9.49 Å². The molecule has 11 heteroatoms. The number of piperidine rings is 1. The first-order chi connectivity index (χ1) is 18.8. The number of hydrogen-bond donors (Lipinski definition) is 2. The smallest absolute Gasteiger partial charge is 0.261 e. The zero-order valence-corrected chi connectivity index (χ0v) is 22.0. The number of aromatic nitrogens is 4. The summed E-state index contributed by atoms with van der Waals surface area (Å²) in [7, 11) is 1.75. The van der Waals surface area contributed by atoms with Gasteiger partial charge >= 0.3 is 0 Å². The summed E-state index contributed by atoms with van der Waals surface area (Å²) in [6, 6.07) is 2.57. The molecule has 0 atom stereocenters. The Morgan fingerprint density at radius 1 is 1.05 bits per heavy atom. The first-order valence-electron chi connectivity index (χ1n) is 13.7. The Labute approximate surface area is 224 Å². The maximum Gasteiger partial charge on any atom is 0.261 e. The number of carbonyl (C=O) groups excluding carboxylic acids is 1. The normalized spacial score (nSPS) is 18.3. The number of nitrogens with zero attached hydrogens (tertiary/aromatic N) is 5. The SMILES string of the molecule is Cc1cn2cc(NC(=O)c3c(F)cc(N4CCC(NC5CC5)CC4)c4cn(C)nc34)c(OC3CC3)c(F)c2n1. The molecule has 0 bridgehead atoms. The monoisotopic (exact) mass is 535 g/mol. The molecule has 3 aliphatic rings. The van der Waals surface area contributed by atoms with Gasteiger partial charge < -0.3 is 24.7 Å². The van der Waals surface area contributed by atoms with E-state index in [4.69, 9.17) is 4.74 Å². The van der Waals surface area contributed by atoms with Crippen LogP contribution in [0.2, 0.25) is 0 Å². The summed E-state index contributed by atoms with van der Waals surface area (Å²) in [6.07, 6.45) is 11.0. The largest absolute Gasteiger partial charge is 0.485 e. The van der Waals surface area contributed by atoms with E-state index in [0.717, 1.165) is 44.5 Å². The Bertz CT molecular complexity index is 1600. The zero-order valence-electron chi connectivity index (χ0n) is 22.0. The lowest BCUT2D eigenvalue weighted by Gasteiger charge is -2.34. The van der Waals surface area contributed by atoms with Crippen LogP contribution < -0.4 is 20.3 Å². The summed E-state index contributed by atoms with van der Waals surface area (Å²) >= 11 is 0. The lowest BCUT2D eigenvalue weighted by molar-refractivity contribution is 0.102. The topological polar surface area (TPSA) is 88.7 Å². The number of fused-ring (bicyclic) bond motifs is 2. The van der Waals surface area contributed by atoms with Crippen LogP contribution in [0.15, 0.2) is 24.7 Å². The molecule has 1 aromatic carbocycles. The molecule has 4 heterocycles. The molecule has 4 aromatic rings. The number of aryl methyl sites for hydroxylation is 2. The van der Waals surface area contributed by atoms with Crippen LogP contribution in [-0.2, 0) is 7.05 Å². The Balaban J connectivity index is 1.22. The lowest BCUT2D eigenvalue weighted by Crippen LogP contribution is -2.43. The van der Waals surface area contributed by atoms with E-state index in [-0.39, 0.29) is 34.3 Å². The summed E-state index contributed by atoms with van der Waals surface area (Å²) in [4.78, 5) is 20.0. The van der Waals surface area contributed by atoms with Crippen LogP contribution in [0.3, 0.4) is 0 Å². The van der Waals surface area contributed by atoms with Gasteiger partial charge in [-0.1, -0.05) is 0 Å². The minimum absolute atomic E-state index is 0.0825. The van der Waals surface area contributed by atoms with Crippen LogP contribution in [-0.4, -0.2) is 56.3 Å². The predicted molar refractivity (Wildman–Crippen MR) is 144 cm³/mol. The third kappa shape index (κ3) is 4.58. The summed E-state index contributed by atoms with van der Waals surface area (Å²) in [5.41, 5.74) is 1.68. The van der Waals surface area contributed by atoms with Crippen LogP contribution in [0, 0.1) is 18.6 Å². The molecule has 2 N–H and O–H groups in total. The van der Waals surface area contributed by atoms with E-state index in [9.17, 15) is 4.79 Å². The van der Waals surface area contributed by atoms with Crippen molar-refractivity contribution < 1.29 is 18.3 Å².